The Labute approximate surface area is 157 Å². The molecule has 0 aromatic heterocycles. The number of rotatable bonds is 4. The lowest BCUT2D eigenvalue weighted by Gasteiger charge is -2.38. The normalized spacial score (nSPS) is 16.4. The van der Waals surface area contributed by atoms with E-state index in [0.717, 1.165) is 18.6 Å². The van der Waals surface area contributed by atoms with Crippen LogP contribution in [0.5, 0.6) is 11.5 Å². The maximum absolute atomic E-state index is 9.67. The quantitative estimate of drug-likeness (QED) is 0.705. The molecule has 3 rings (SSSR count). The van der Waals surface area contributed by atoms with Gasteiger partial charge in [0.15, 0.2) is 5.60 Å². The average molecular weight is 348 g/mol. The van der Waals surface area contributed by atoms with E-state index in [4.69, 9.17) is 4.74 Å². The van der Waals surface area contributed by atoms with Crippen LogP contribution >= 0.6 is 0 Å². The highest BCUT2D eigenvalue weighted by Gasteiger charge is 2.35. The number of phenols is 1. The lowest BCUT2D eigenvalue weighted by molar-refractivity contribution is 0.172. The van der Waals surface area contributed by atoms with Crippen molar-refractivity contribution in [3.8, 4) is 23.3 Å². The van der Waals surface area contributed by atoms with Crippen LogP contribution in [-0.2, 0) is 5.41 Å². The van der Waals surface area contributed by atoms with E-state index in [1.165, 1.54) is 30.4 Å². The Bertz CT molecular complexity index is 783. The summed E-state index contributed by atoms with van der Waals surface area (Å²) < 4.78 is 6.03. The SMILES string of the molecule is CC#CC(C)(C)Oc1ccc(C2(c3ccc(O)cc3)CCCCC2)cc1. The van der Waals surface area contributed by atoms with Gasteiger partial charge in [0.2, 0.25) is 0 Å². The molecule has 136 valence electrons. The van der Waals surface area contributed by atoms with Crippen molar-refractivity contribution in [2.75, 3.05) is 0 Å². The van der Waals surface area contributed by atoms with E-state index in [1.54, 1.807) is 12.1 Å². The topological polar surface area (TPSA) is 29.5 Å². The van der Waals surface area contributed by atoms with E-state index in [2.05, 4.69) is 48.2 Å². The van der Waals surface area contributed by atoms with Gasteiger partial charge in [0.25, 0.3) is 0 Å². The maximum atomic E-state index is 9.67. The van der Waals surface area contributed by atoms with Crippen LogP contribution in [0.15, 0.2) is 48.5 Å². The Morgan fingerprint density at radius 2 is 1.42 bits per heavy atom. The van der Waals surface area contributed by atoms with Crippen LogP contribution in [0.3, 0.4) is 0 Å². The number of aromatic hydroxyl groups is 1. The molecule has 0 amide bonds. The monoisotopic (exact) mass is 348 g/mol. The number of benzene rings is 2. The van der Waals surface area contributed by atoms with Crippen molar-refractivity contribution < 1.29 is 9.84 Å². The zero-order chi connectivity index (χ0) is 18.6. The summed E-state index contributed by atoms with van der Waals surface area (Å²) in [4.78, 5) is 0. The highest BCUT2D eigenvalue weighted by atomic mass is 16.5. The van der Waals surface area contributed by atoms with Crippen molar-refractivity contribution in [3.63, 3.8) is 0 Å². The highest BCUT2D eigenvalue weighted by Crippen LogP contribution is 2.45. The molecule has 0 atom stereocenters. The van der Waals surface area contributed by atoms with E-state index in [0.29, 0.717) is 5.75 Å². The van der Waals surface area contributed by atoms with Crippen molar-refractivity contribution in [2.24, 2.45) is 0 Å². The molecule has 26 heavy (non-hydrogen) atoms. The molecule has 1 aliphatic rings. The van der Waals surface area contributed by atoms with Gasteiger partial charge in [-0.05, 0) is 69.0 Å². The molecule has 0 spiro atoms. The fraction of sp³-hybridized carbons (Fsp3) is 0.417. The summed E-state index contributed by atoms with van der Waals surface area (Å²) in [6.07, 6.45) is 6.05. The van der Waals surface area contributed by atoms with Crippen molar-refractivity contribution in [2.45, 2.75) is 63.9 Å². The van der Waals surface area contributed by atoms with Crippen LogP contribution in [0.2, 0.25) is 0 Å². The third-order valence-corrected chi connectivity index (χ3v) is 5.33. The first-order chi connectivity index (χ1) is 12.5. The Balaban J connectivity index is 1.92. The van der Waals surface area contributed by atoms with Crippen LogP contribution < -0.4 is 4.74 Å². The van der Waals surface area contributed by atoms with Crippen LogP contribution in [0.4, 0.5) is 0 Å². The minimum atomic E-state index is -0.490. The van der Waals surface area contributed by atoms with Crippen molar-refractivity contribution in [1.82, 2.24) is 0 Å². The van der Waals surface area contributed by atoms with Gasteiger partial charge in [0.05, 0.1) is 0 Å². The molecule has 2 aromatic carbocycles. The number of phenolic OH excluding ortho intramolecular Hbond substituents is 1. The van der Waals surface area contributed by atoms with Gasteiger partial charge in [-0.25, -0.2) is 0 Å². The van der Waals surface area contributed by atoms with E-state index in [1.807, 2.05) is 20.8 Å². The van der Waals surface area contributed by atoms with Crippen LogP contribution in [0.1, 0.15) is 64.0 Å². The maximum Gasteiger partial charge on any atom is 0.163 e. The first kappa shape index (κ1) is 18.4. The lowest BCUT2D eigenvalue weighted by Crippen LogP contribution is -2.30. The molecule has 0 saturated heterocycles. The molecule has 0 aliphatic heterocycles. The number of hydrogen-bond donors (Lipinski definition) is 1. The van der Waals surface area contributed by atoms with Gasteiger partial charge in [-0.3, -0.25) is 0 Å². The zero-order valence-electron chi connectivity index (χ0n) is 16.0. The van der Waals surface area contributed by atoms with Crippen molar-refractivity contribution in [1.29, 1.82) is 0 Å². The predicted octanol–water partition coefficient (Wildman–Crippen LogP) is 5.82. The van der Waals surface area contributed by atoms with Crippen LogP contribution in [0.25, 0.3) is 0 Å². The fourth-order valence-corrected chi connectivity index (χ4v) is 4.14. The Morgan fingerprint density at radius 3 is 1.96 bits per heavy atom. The molecule has 0 bridgehead atoms. The molecule has 1 saturated carbocycles. The van der Waals surface area contributed by atoms with Gasteiger partial charge >= 0.3 is 0 Å². The van der Waals surface area contributed by atoms with Gasteiger partial charge in [0.1, 0.15) is 11.5 Å². The molecule has 1 aliphatic carbocycles. The summed E-state index contributed by atoms with van der Waals surface area (Å²) in [5, 5.41) is 9.67. The van der Waals surface area contributed by atoms with Gasteiger partial charge < -0.3 is 9.84 Å². The molecule has 0 heterocycles. The molecule has 2 heteroatoms. The molecule has 1 fully saturated rings. The van der Waals surface area contributed by atoms with E-state index in [9.17, 15) is 5.11 Å². The van der Waals surface area contributed by atoms with Gasteiger partial charge in [-0.2, -0.15) is 0 Å². The smallest absolute Gasteiger partial charge is 0.163 e. The first-order valence-corrected chi connectivity index (χ1v) is 9.48. The molecule has 1 N–H and O–H groups in total. The zero-order valence-corrected chi connectivity index (χ0v) is 16.0. The van der Waals surface area contributed by atoms with Crippen LogP contribution in [0, 0.1) is 11.8 Å². The second kappa shape index (κ2) is 7.46. The van der Waals surface area contributed by atoms with Crippen LogP contribution in [-0.4, -0.2) is 10.7 Å². The second-order valence-electron chi connectivity index (χ2n) is 7.70. The third-order valence-electron chi connectivity index (χ3n) is 5.33. The number of hydrogen-bond acceptors (Lipinski definition) is 2. The number of ether oxygens (including phenoxy) is 1. The first-order valence-electron chi connectivity index (χ1n) is 9.48. The molecule has 2 aromatic rings. The van der Waals surface area contributed by atoms with Crippen molar-refractivity contribution >= 4 is 0 Å². The van der Waals surface area contributed by atoms with Gasteiger partial charge in [0, 0.05) is 5.41 Å². The highest BCUT2D eigenvalue weighted by molar-refractivity contribution is 5.43. The summed E-state index contributed by atoms with van der Waals surface area (Å²) in [5.41, 5.74) is 2.16. The molecule has 0 unspecified atom stereocenters. The largest absolute Gasteiger partial charge is 0.508 e. The second-order valence-corrected chi connectivity index (χ2v) is 7.70. The van der Waals surface area contributed by atoms with Gasteiger partial charge in [-0.15, -0.1) is 5.92 Å². The molecular weight excluding hydrogens is 320 g/mol. The summed E-state index contributed by atoms with van der Waals surface area (Å²) >= 11 is 0. The summed E-state index contributed by atoms with van der Waals surface area (Å²) in [6, 6.07) is 16.3. The Hall–Kier alpha value is -2.40. The Kier molecular flexibility index (Phi) is 5.28. The molecule has 0 radical (unpaired) electrons. The standard InChI is InChI=1S/C24H28O2/c1-4-16-23(2,3)26-22-14-10-20(11-15-22)24(17-6-5-7-18-24)19-8-12-21(25)13-9-19/h8-15,25H,5-7,17-18H2,1-3H3. The van der Waals surface area contributed by atoms with E-state index >= 15 is 0 Å². The molecule has 2 nitrogen and oxygen atoms in total. The minimum absolute atomic E-state index is 0.0310. The van der Waals surface area contributed by atoms with Crippen molar-refractivity contribution in [3.05, 3.63) is 59.7 Å². The summed E-state index contributed by atoms with van der Waals surface area (Å²) in [5.74, 6) is 7.19. The fourth-order valence-electron chi connectivity index (χ4n) is 4.14. The molecular formula is C24H28O2. The summed E-state index contributed by atoms with van der Waals surface area (Å²) in [7, 11) is 0. The van der Waals surface area contributed by atoms with E-state index < -0.39 is 5.60 Å². The average Bonchev–Trinajstić information content (AvgIpc) is 2.63. The third kappa shape index (κ3) is 3.88. The Morgan fingerprint density at radius 1 is 0.885 bits per heavy atom. The minimum Gasteiger partial charge on any atom is -0.508 e. The summed E-state index contributed by atoms with van der Waals surface area (Å²) in [6.45, 7) is 5.80. The van der Waals surface area contributed by atoms with E-state index in [-0.39, 0.29) is 5.41 Å². The predicted molar refractivity (Wildman–Crippen MR) is 107 cm³/mol. The van der Waals surface area contributed by atoms with Gasteiger partial charge in [-0.1, -0.05) is 49.4 Å². The lowest BCUT2D eigenvalue weighted by atomic mass is 9.65.